The minimum atomic E-state index is -4.42. The lowest BCUT2D eigenvalue weighted by Gasteiger charge is -2.11. The molecule has 0 aliphatic rings. The Morgan fingerprint density at radius 2 is 1.69 bits per heavy atom. The van der Waals surface area contributed by atoms with E-state index in [4.69, 9.17) is 0 Å². The maximum Gasteiger partial charge on any atom is 0.416 e. The summed E-state index contributed by atoms with van der Waals surface area (Å²) < 4.78 is 40.6. The van der Waals surface area contributed by atoms with Gasteiger partial charge in [0.25, 0.3) is 5.91 Å². The van der Waals surface area contributed by atoms with Gasteiger partial charge < -0.3 is 5.32 Å². The van der Waals surface area contributed by atoms with Crippen LogP contribution in [0.3, 0.4) is 0 Å². The van der Waals surface area contributed by atoms with Crippen molar-refractivity contribution in [3.8, 4) is 5.69 Å². The zero-order valence-electron chi connectivity index (χ0n) is 19.1. The van der Waals surface area contributed by atoms with Crippen molar-refractivity contribution in [2.24, 2.45) is 0 Å². The molecule has 4 aromatic rings. The predicted molar refractivity (Wildman–Crippen MR) is 129 cm³/mol. The number of benzene rings is 3. The number of aromatic nitrogens is 3. The second-order valence-electron chi connectivity index (χ2n) is 8.02. The molecule has 9 heteroatoms. The number of thioether (sulfide) groups is 1. The van der Waals surface area contributed by atoms with Gasteiger partial charge in [-0.1, -0.05) is 54.2 Å². The Bertz CT molecular complexity index is 1330. The topological polar surface area (TPSA) is 59.8 Å². The number of para-hydroxylation sites is 1. The van der Waals surface area contributed by atoms with Gasteiger partial charge in [0.1, 0.15) is 5.82 Å². The minimum Gasteiger partial charge on any atom is -0.348 e. The molecule has 0 spiro atoms. The first-order valence-corrected chi connectivity index (χ1v) is 11.8. The van der Waals surface area contributed by atoms with Crippen LogP contribution in [-0.4, -0.2) is 20.7 Å². The molecule has 0 atom stereocenters. The van der Waals surface area contributed by atoms with Crippen LogP contribution in [0.4, 0.5) is 13.2 Å². The molecule has 0 saturated heterocycles. The number of alkyl halides is 3. The first-order chi connectivity index (χ1) is 16.7. The fraction of sp³-hybridized carbons (Fsp3) is 0.192. The van der Waals surface area contributed by atoms with Crippen LogP contribution in [-0.2, 0) is 18.5 Å². The Kier molecular flexibility index (Phi) is 7.25. The summed E-state index contributed by atoms with van der Waals surface area (Å²) in [5, 5.41) is 12.0. The van der Waals surface area contributed by atoms with E-state index in [1.165, 1.54) is 6.07 Å². The molecule has 0 fully saturated rings. The summed E-state index contributed by atoms with van der Waals surface area (Å²) in [6.45, 7) is 3.96. The Balaban J connectivity index is 1.37. The first-order valence-electron chi connectivity index (χ1n) is 10.9. The Morgan fingerprint density at radius 1 is 0.943 bits per heavy atom. The van der Waals surface area contributed by atoms with Gasteiger partial charge in [-0.2, -0.15) is 13.2 Å². The molecule has 0 aliphatic heterocycles. The zero-order valence-corrected chi connectivity index (χ0v) is 20.0. The average molecular weight is 497 g/mol. The molecule has 180 valence electrons. The van der Waals surface area contributed by atoms with Gasteiger partial charge in [0.15, 0.2) is 5.16 Å². The van der Waals surface area contributed by atoms with E-state index in [9.17, 15) is 18.0 Å². The molecular formula is C26H23F3N4OS. The summed E-state index contributed by atoms with van der Waals surface area (Å²) >= 11 is 1.55. The van der Waals surface area contributed by atoms with Crippen molar-refractivity contribution in [2.45, 2.75) is 37.5 Å². The number of carbonyl (C=O) groups excluding carboxylic acids is 1. The quantitative estimate of drug-likeness (QED) is 0.313. The summed E-state index contributed by atoms with van der Waals surface area (Å²) in [5.74, 6) is 1.09. The number of amides is 1. The van der Waals surface area contributed by atoms with Gasteiger partial charge in [-0.05, 0) is 60.9 Å². The summed E-state index contributed by atoms with van der Waals surface area (Å²) in [6, 6.07) is 20.1. The van der Waals surface area contributed by atoms with E-state index in [2.05, 4.69) is 15.5 Å². The van der Waals surface area contributed by atoms with Gasteiger partial charge in [0.05, 0.1) is 11.3 Å². The summed E-state index contributed by atoms with van der Waals surface area (Å²) in [7, 11) is 0. The van der Waals surface area contributed by atoms with Crippen molar-refractivity contribution >= 4 is 17.7 Å². The highest BCUT2D eigenvalue weighted by Crippen LogP contribution is 2.29. The van der Waals surface area contributed by atoms with Crippen molar-refractivity contribution in [3.05, 3.63) is 106 Å². The molecule has 3 aromatic carbocycles. The number of carbonyl (C=O) groups is 1. The minimum absolute atomic E-state index is 0.00820. The monoisotopic (exact) mass is 496 g/mol. The molecule has 0 bridgehead atoms. The standard InChI is InChI=1S/C26H23F3N4OS/c1-17-6-3-4-9-23(17)33-18(2)31-32-25(33)35-16-19-10-12-21(13-11-19)24(34)30-15-20-7-5-8-22(14-20)26(27,28)29/h3-14H,15-16H2,1-2H3,(H,30,34). The lowest BCUT2D eigenvalue weighted by atomic mass is 10.1. The maximum atomic E-state index is 12.9. The maximum absolute atomic E-state index is 12.9. The van der Waals surface area contributed by atoms with E-state index in [-0.39, 0.29) is 12.5 Å². The number of hydrogen-bond acceptors (Lipinski definition) is 4. The Labute approximate surface area is 205 Å². The summed E-state index contributed by atoms with van der Waals surface area (Å²) in [5.41, 5.74) is 3.24. The molecule has 1 amide bonds. The lowest BCUT2D eigenvalue weighted by molar-refractivity contribution is -0.137. The van der Waals surface area contributed by atoms with Crippen LogP contribution in [0.1, 0.15) is 38.4 Å². The molecule has 0 radical (unpaired) electrons. The largest absolute Gasteiger partial charge is 0.416 e. The number of aryl methyl sites for hydroxylation is 2. The van der Waals surface area contributed by atoms with Crippen LogP contribution in [0.2, 0.25) is 0 Å². The van der Waals surface area contributed by atoms with Crippen molar-refractivity contribution in [1.29, 1.82) is 0 Å². The number of hydrogen-bond donors (Lipinski definition) is 1. The number of halogens is 3. The highest BCUT2D eigenvalue weighted by molar-refractivity contribution is 7.98. The van der Waals surface area contributed by atoms with Gasteiger partial charge in [-0.3, -0.25) is 9.36 Å². The van der Waals surface area contributed by atoms with Crippen LogP contribution < -0.4 is 5.32 Å². The van der Waals surface area contributed by atoms with Crippen molar-refractivity contribution in [2.75, 3.05) is 0 Å². The van der Waals surface area contributed by atoms with E-state index in [1.54, 1.807) is 30.0 Å². The third-order valence-corrected chi connectivity index (χ3v) is 6.44. The van der Waals surface area contributed by atoms with Crippen molar-refractivity contribution in [1.82, 2.24) is 20.1 Å². The van der Waals surface area contributed by atoms with Crippen LogP contribution in [0, 0.1) is 13.8 Å². The van der Waals surface area contributed by atoms with Gasteiger partial charge in [-0.15, -0.1) is 10.2 Å². The lowest BCUT2D eigenvalue weighted by Crippen LogP contribution is -2.23. The highest BCUT2D eigenvalue weighted by atomic mass is 32.2. The predicted octanol–water partition coefficient (Wildman–Crippen LogP) is 6.13. The zero-order chi connectivity index (χ0) is 25.0. The van der Waals surface area contributed by atoms with E-state index >= 15 is 0 Å². The average Bonchev–Trinajstić information content (AvgIpc) is 3.21. The summed E-state index contributed by atoms with van der Waals surface area (Å²) in [4.78, 5) is 12.5. The normalized spacial score (nSPS) is 11.5. The molecule has 35 heavy (non-hydrogen) atoms. The molecule has 0 unspecified atom stereocenters. The fourth-order valence-corrected chi connectivity index (χ4v) is 4.52. The van der Waals surface area contributed by atoms with E-state index < -0.39 is 11.7 Å². The van der Waals surface area contributed by atoms with Crippen molar-refractivity contribution < 1.29 is 18.0 Å². The van der Waals surface area contributed by atoms with Gasteiger partial charge in [-0.25, -0.2) is 0 Å². The SMILES string of the molecule is Cc1ccccc1-n1c(C)nnc1SCc1ccc(C(=O)NCc2cccc(C(F)(F)F)c2)cc1. The molecular weight excluding hydrogens is 473 g/mol. The number of rotatable bonds is 7. The van der Waals surface area contributed by atoms with Crippen LogP contribution in [0.25, 0.3) is 5.69 Å². The van der Waals surface area contributed by atoms with Gasteiger partial charge in [0, 0.05) is 17.9 Å². The van der Waals surface area contributed by atoms with Crippen LogP contribution in [0.5, 0.6) is 0 Å². The molecule has 1 aromatic heterocycles. The van der Waals surface area contributed by atoms with E-state index in [1.807, 2.05) is 54.8 Å². The Hall–Kier alpha value is -3.59. The van der Waals surface area contributed by atoms with Crippen LogP contribution >= 0.6 is 11.8 Å². The highest BCUT2D eigenvalue weighted by Gasteiger charge is 2.30. The molecule has 4 rings (SSSR count). The van der Waals surface area contributed by atoms with Crippen molar-refractivity contribution in [3.63, 3.8) is 0 Å². The number of nitrogens with zero attached hydrogens (tertiary/aromatic N) is 3. The van der Waals surface area contributed by atoms with E-state index in [0.717, 1.165) is 39.9 Å². The second kappa shape index (κ2) is 10.4. The molecule has 5 nitrogen and oxygen atoms in total. The fourth-order valence-electron chi connectivity index (χ4n) is 3.57. The molecule has 1 N–H and O–H groups in total. The third kappa shape index (κ3) is 5.92. The van der Waals surface area contributed by atoms with Gasteiger partial charge >= 0.3 is 6.18 Å². The smallest absolute Gasteiger partial charge is 0.348 e. The van der Waals surface area contributed by atoms with Crippen LogP contribution in [0.15, 0.2) is 78.0 Å². The molecule has 0 aliphatic carbocycles. The molecule has 1 heterocycles. The van der Waals surface area contributed by atoms with E-state index in [0.29, 0.717) is 16.9 Å². The second-order valence-corrected chi connectivity index (χ2v) is 8.96. The first kappa shape index (κ1) is 24.5. The third-order valence-electron chi connectivity index (χ3n) is 5.44. The molecule has 0 saturated carbocycles. The Morgan fingerprint density at radius 3 is 2.40 bits per heavy atom. The van der Waals surface area contributed by atoms with Gasteiger partial charge in [0.2, 0.25) is 0 Å². The number of nitrogens with one attached hydrogen (secondary N) is 1. The summed E-state index contributed by atoms with van der Waals surface area (Å²) in [6.07, 6.45) is -4.42.